The molecule has 0 radical (unpaired) electrons. The van der Waals surface area contributed by atoms with Gasteiger partial charge in [-0.2, -0.15) is 0 Å². The fourth-order valence-corrected chi connectivity index (χ4v) is 2.21. The minimum Gasteiger partial charge on any atom is -0.458 e. The largest absolute Gasteiger partial charge is 0.458 e. The Morgan fingerprint density at radius 3 is 2.89 bits per heavy atom. The van der Waals surface area contributed by atoms with Crippen molar-refractivity contribution in [1.82, 2.24) is 5.32 Å². The summed E-state index contributed by atoms with van der Waals surface area (Å²) in [5.41, 5.74) is 2.14. The SMILES string of the molecule is CCNCc1c(COC2COC2)oc2ccccc12. The molecule has 0 unspecified atom stereocenters. The Hall–Kier alpha value is -1.36. The molecular formula is C15H19NO3. The second-order valence-electron chi connectivity index (χ2n) is 4.75. The van der Waals surface area contributed by atoms with E-state index in [0.717, 1.165) is 24.4 Å². The summed E-state index contributed by atoms with van der Waals surface area (Å²) in [7, 11) is 0. The van der Waals surface area contributed by atoms with Crippen LogP contribution in [0.1, 0.15) is 18.2 Å². The van der Waals surface area contributed by atoms with Crippen molar-refractivity contribution < 1.29 is 13.9 Å². The van der Waals surface area contributed by atoms with Crippen LogP contribution in [0.15, 0.2) is 28.7 Å². The minimum atomic E-state index is 0.222. The van der Waals surface area contributed by atoms with Gasteiger partial charge in [0, 0.05) is 17.5 Å². The van der Waals surface area contributed by atoms with E-state index in [-0.39, 0.29) is 6.10 Å². The first-order chi connectivity index (χ1) is 9.38. The van der Waals surface area contributed by atoms with Crippen molar-refractivity contribution in [1.29, 1.82) is 0 Å². The van der Waals surface area contributed by atoms with Crippen LogP contribution in [0, 0.1) is 0 Å². The summed E-state index contributed by atoms with van der Waals surface area (Å²) in [6.07, 6.45) is 0.222. The highest BCUT2D eigenvalue weighted by Crippen LogP contribution is 2.27. The van der Waals surface area contributed by atoms with E-state index in [4.69, 9.17) is 13.9 Å². The van der Waals surface area contributed by atoms with Gasteiger partial charge in [0.2, 0.25) is 0 Å². The maximum atomic E-state index is 5.91. The zero-order chi connectivity index (χ0) is 13.1. The average molecular weight is 261 g/mol. The fraction of sp³-hybridized carbons (Fsp3) is 0.467. The van der Waals surface area contributed by atoms with E-state index >= 15 is 0 Å². The highest BCUT2D eigenvalue weighted by molar-refractivity contribution is 5.82. The zero-order valence-electron chi connectivity index (χ0n) is 11.1. The van der Waals surface area contributed by atoms with Crippen molar-refractivity contribution in [3.63, 3.8) is 0 Å². The molecule has 1 aromatic carbocycles. The molecule has 3 rings (SSSR count). The van der Waals surface area contributed by atoms with Gasteiger partial charge in [0.25, 0.3) is 0 Å². The Kier molecular flexibility index (Phi) is 3.82. The molecule has 1 fully saturated rings. The molecule has 2 heterocycles. The van der Waals surface area contributed by atoms with Crippen LogP contribution >= 0.6 is 0 Å². The van der Waals surface area contributed by atoms with Crippen molar-refractivity contribution in [3.05, 3.63) is 35.6 Å². The third-order valence-corrected chi connectivity index (χ3v) is 3.39. The predicted molar refractivity (Wildman–Crippen MR) is 73.0 cm³/mol. The number of hydrogen-bond donors (Lipinski definition) is 1. The van der Waals surface area contributed by atoms with Crippen molar-refractivity contribution in [2.75, 3.05) is 19.8 Å². The predicted octanol–water partition coefficient (Wildman–Crippen LogP) is 2.46. The molecule has 1 aliphatic heterocycles. The number of furan rings is 1. The summed E-state index contributed by atoms with van der Waals surface area (Å²) < 4.78 is 16.8. The lowest BCUT2D eigenvalue weighted by atomic mass is 10.1. The van der Waals surface area contributed by atoms with Crippen molar-refractivity contribution in [2.45, 2.75) is 26.2 Å². The third-order valence-electron chi connectivity index (χ3n) is 3.39. The number of fused-ring (bicyclic) bond motifs is 1. The first kappa shape index (κ1) is 12.7. The third kappa shape index (κ3) is 2.66. The summed E-state index contributed by atoms with van der Waals surface area (Å²) >= 11 is 0. The first-order valence-corrected chi connectivity index (χ1v) is 6.78. The topological polar surface area (TPSA) is 43.6 Å². The molecule has 102 valence electrons. The van der Waals surface area contributed by atoms with Crippen LogP contribution in [0.4, 0.5) is 0 Å². The number of para-hydroxylation sites is 1. The second kappa shape index (κ2) is 5.74. The number of hydrogen-bond acceptors (Lipinski definition) is 4. The van der Waals surface area contributed by atoms with E-state index in [1.165, 1.54) is 10.9 Å². The van der Waals surface area contributed by atoms with Crippen molar-refractivity contribution >= 4 is 11.0 Å². The van der Waals surface area contributed by atoms with Crippen LogP contribution in [0.2, 0.25) is 0 Å². The van der Waals surface area contributed by atoms with Gasteiger partial charge >= 0.3 is 0 Å². The number of rotatable bonds is 6. The van der Waals surface area contributed by atoms with Crippen LogP contribution in [0.3, 0.4) is 0 Å². The van der Waals surface area contributed by atoms with E-state index < -0.39 is 0 Å². The highest BCUT2D eigenvalue weighted by atomic mass is 16.6. The highest BCUT2D eigenvalue weighted by Gasteiger charge is 2.21. The normalized spacial score (nSPS) is 15.8. The molecule has 4 nitrogen and oxygen atoms in total. The number of nitrogens with one attached hydrogen (secondary N) is 1. The second-order valence-corrected chi connectivity index (χ2v) is 4.75. The molecule has 1 aromatic heterocycles. The molecule has 1 aliphatic rings. The number of benzene rings is 1. The molecule has 1 saturated heterocycles. The molecule has 0 saturated carbocycles. The minimum absolute atomic E-state index is 0.222. The van der Waals surface area contributed by atoms with Crippen LogP contribution in [-0.4, -0.2) is 25.9 Å². The van der Waals surface area contributed by atoms with Crippen LogP contribution in [0.25, 0.3) is 11.0 Å². The monoisotopic (exact) mass is 261 g/mol. The van der Waals surface area contributed by atoms with Gasteiger partial charge in [0.05, 0.1) is 13.2 Å². The summed E-state index contributed by atoms with van der Waals surface area (Å²) in [4.78, 5) is 0. The molecular weight excluding hydrogens is 242 g/mol. The van der Waals surface area contributed by atoms with Gasteiger partial charge in [-0.25, -0.2) is 0 Å². The molecule has 0 atom stereocenters. The molecule has 4 heteroatoms. The van der Waals surface area contributed by atoms with E-state index in [1.54, 1.807) is 0 Å². The van der Waals surface area contributed by atoms with Crippen molar-refractivity contribution in [3.8, 4) is 0 Å². The fourth-order valence-electron chi connectivity index (χ4n) is 2.21. The van der Waals surface area contributed by atoms with Gasteiger partial charge in [-0.1, -0.05) is 25.1 Å². The molecule has 0 spiro atoms. The van der Waals surface area contributed by atoms with E-state index in [1.807, 2.05) is 18.2 Å². The average Bonchev–Trinajstić information content (AvgIpc) is 2.72. The Balaban J connectivity index is 1.82. The zero-order valence-corrected chi connectivity index (χ0v) is 11.1. The lowest BCUT2D eigenvalue weighted by Gasteiger charge is -2.25. The van der Waals surface area contributed by atoms with Gasteiger partial charge in [0.15, 0.2) is 0 Å². The molecule has 0 bridgehead atoms. The summed E-state index contributed by atoms with van der Waals surface area (Å²) in [6, 6.07) is 8.13. The Morgan fingerprint density at radius 2 is 2.16 bits per heavy atom. The van der Waals surface area contributed by atoms with Crippen LogP contribution < -0.4 is 5.32 Å². The maximum Gasteiger partial charge on any atom is 0.135 e. The quantitative estimate of drug-likeness (QED) is 0.867. The molecule has 0 amide bonds. The van der Waals surface area contributed by atoms with Crippen LogP contribution in [-0.2, 0) is 22.6 Å². The standard InChI is InChI=1S/C15H19NO3/c1-2-16-7-13-12-5-3-4-6-14(12)19-15(13)10-18-11-8-17-9-11/h3-6,11,16H,2,7-10H2,1H3. The molecule has 1 N–H and O–H groups in total. The smallest absolute Gasteiger partial charge is 0.135 e. The van der Waals surface area contributed by atoms with E-state index in [9.17, 15) is 0 Å². The van der Waals surface area contributed by atoms with E-state index in [2.05, 4.69) is 18.3 Å². The van der Waals surface area contributed by atoms with Gasteiger partial charge in [-0.3, -0.25) is 0 Å². The molecule has 19 heavy (non-hydrogen) atoms. The van der Waals surface area contributed by atoms with Gasteiger partial charge in [-0.15, -0.1) is 0 Å². The van der Waals surface area contributed by atoms with Crippen molar-refractivity contribution in [2.24, 2.45) is 0 Å². The first-order valence-electron chi connectivity index (χ1n) is 6.78. The Labute approximate surface area is 112 Å². The summed E-state index contributed by atoms with van der Waals surface area (Å²) in [5, 5.41) is 4.53. The summed E-state index contributed by atoms with van der Waals surface area (Å²) in [6.45, 7) is 5.77. The van der Waals surface area contributed by atoms with Gasteiger partial charge in [-0.05, 0) is 12.6 Å². The molecule has 2 aromatic rings. The lowest BCUT2D eigenvalue weighted by Crippen LogP contribution is -2.35. The van der Waals surface area contributed by atoms with Gasteiger partial charge < -0.3 is 19.2 Å². The summed E-state index contributed by atoms with van der Waals surface area (Å²) in [5.74, 6) is 0.925. The van der Waals surface area contributed by atoms with Gasteiger partial charge in [0.1, 0.15) is 24.1 Å². The van der Waals surface area contributed by atoms with E-state index in [0.29, 0.717) is 19.8 Å². The molecule has 0 aliphatic carbocycles. The Morgan fingerprint density at radius 1 is 1.32 bits per heavy atom. The van der Waals surface area contributed by atoms with Crippen LogP contribution in [0.5, 0.6) is 0 Å². The number of ether oxygens (including phenoxy) is 2. The Bertz CT molecular complexity index is 545. The maximum absolute atomic E-state index is 5.91. The lowest BCUT2D eigenvalue weighted by molar-refractivity contribution is -0.137.